The van der Waals surface area contributed by atoms with Crippen LogP contribution < -0.4 is 5.32 Å². The van der Waals surface area contributed by atoms with Crippen molar-refractivity contribution in [3.8, 4) is 11.4 Å². The largest absolute Gasteiger partial charge is 0.465 e. The van der Waals surface area contributed by atoms with Gasteiger partial charge in [0.2, 0.25) is 17.6 Å². The molecule has 0 atom stereocenters. The number of piperidine rings is 1. The Morgan fingerprint density at radius 3 is 2.47 bits per heavy atom. The fourth-order valence-corrected chi connectivity index (χ4v) is 4.41. The van der Waals surface area contributed by atoms with Gasteiger partial charge in [-0.1, -0.05) is 61.8 Å². The maximum atomic E-state index is 12.8. The van der Waals surface area contributed by atoms with Gasteiger partial charge in [0.1, 0.15) is 0 Å². The highest BCUT2D eigenvalue weighted by Crippen LogP contribution is 2.26. The van der Waals surface area contributed by atoms with Gasteiger partial charge in [-0.2, -0.15) is 4.98 Å². The van der Waals surface area contributed by atoms with E-state index in [1.807, 2.05) is 12.1 Å². The number of methoxy groups -OCH3 is 1. The summed E-state index contributed by atoms with van der Waals surface area (Å²) in [6.45, 7) is 8.56. The summed E-state index contributed by atoms with van der Waals surface area (Å²) in [4.78, 5) is 31.4. The topological polar surface area (TPSA) is 97.6 Å². The number of hydrogen-bond donors (Lipinski definition) is 1. The van der Waals surface area contributed by atoms with Crippen LogP contribution in [0.3, 0.4) is 0 Å². The zero-order valence-corrected chi connectivity index (χ0v) is 21.8. The number of amides is 1. The van der Waals surface area contributed by atoms with E-state index >= 15 is 0 Å². The van der Waals surface area contributed by atoms with Crippen LogP contribution in [0.25, 0.3) is 11.4 Å². The molecule has 1 fully saturated rings. The minimum Gasteiger partial charge on any atom is -0.465 e. The van der Waals surface area contributed by atoms with E-state index in [4.69, 9.17) is 20.9 Å². The number of aromatic nitrogens is 2. The van der Waals surface area contributed by atoms with Crippen LogP contribution in [0, 0.1) is 5.92 Å². The molecule has 2 heterocycles. The Balaban J connectivity index is 1.30. The number of anilines is 1. The normalized spacial score (nSPS) is 15.0. The summed E-state index contributed by atoms with van der Waals surface area (Å²) in [6, 6.07) is 13.0. The predicted octanol–water partition coefficient (Wildman–Crippen LogP) is 5.32. The zero-order valence-electron chi connectivity index (χ0n) is 21.0. The number of hydrogen-bond acceptors (Lipinski definition) is 7. The molecule has 0 aliphatic carbocycles. The van der Waals surface area contributed by atoms with Gasteiger partial charge < -0.3 is 14.6 Å². The quantitative estimate of drug-likeness (QED) is 0.448. The first-order valence-electron chi connectivity index (χ1n) is 12.0. The number of esters is 1. The molecule has 1 N–H and O–H groups in total. The van der Waals surface area contributed by atoms with Gasteiger partial charge in [-0.3, -0.25) is 9.69 Å². The molecule has 8 nitrogen and oxygen atoms in total. The second kappa shape index (κ2) is 10.8. The zero-order chi connectivity index (χ0) is 25.9. The number of ether oxygens (including phenoxy) is 1. The van der Waals surface area contributed by atoms with Crippen molar-refractivity contribution >= 4 is 29.2 Å². The number of carbonyl (C=O) groups is 2. The molecule has 1 saturated heterocycles. The van der Waals surface area contributed by atoms with Crippen LogP contribution in [0.15, 0.2) is 47.0 Å². The molecule has 3 aromatic rings. The molecule has 9 heteroatoms. The third-order valence-corrected chi connectivity index (χ3v) is 6.76. The van der Waals surface area contributed by atoms with Gasteiger partial charge in [-0.05, 0) is 55.1 Å². The van der Waals surface area contributed by atoms with Gasteiger partial charge in [0.05, 0.1) is 24.2 Å². The van der Waals surface area contributed by atoms with Gasteiger partial charge >= 0.3 is 5.97 Å². The highest BCUT2D eigenvalue weighted by atomic mass is 35.5. The lowest BCUT2D eigenvalue weighted by Crippen LogP contribution is -2.37. The molecule has 1 aromatic heterocycles. The lowest BCUT2D eigenvalue weighted by molar-refractivity contribution is -0.121. The van der Waals surface area contributed by atoms with E-state index in [2.05, 4.69) is 53.3 Å². The molecule has 0 bridgehead atoms. The van der Waals surface area contributed by atoms with Gasteiger partial charge in [0.25, 0.3) is 0 Å². The number of rotatable bonds is 6. The number of likely N-dealkylation sites (tertiary alicyclic amines) is 1. The van der Waals surface area contributed by atoms with Gasteiger partial charge in [-0.25, -0.2) is 4.79 Å². The highest BCUT2D eigenvalue weighted by Gasteiger charge is 2.26. The fourth-order valence-electron chi connectivity index (χ4n) is 4.21. The molecule has 36 heavy (non-hydrogen) atoms. The van der Waals surface area contributed by atoms with Crippen molar-refractivity contribution < 1.29 is 18.8 Å². The lowest BCUT2D eigenvalue weighted by atomic mass is 9.87. The number of nitrogens with zero attached hydrogens (tertiary/aromatic N) is 3. The van der Waals surface area contributed by atoms with E-state index in [-0.39, 0.29) is 27.8 Å². The molecule has 0 unspecified atom stereocenters. The summed E-state index contributed by atoms with van der Waals surface area (Å²) in [7, 11) is 1.29. The Kier molecular flexibility index (Phi) is 7.76. The van der Waals surface area contributed by atoms with Crippen LogP contribution in [0.4, 0.5) is 5.69 Å². The second-order valence-corrected chi connectivity index (χ2v) is 10.5. The Bertz CT molecular complexity index is 1230. The predicted molar refractivity (Wildman–Crippen MR) is 138 cm³/mol. The fraction of sp³-hybridized carbons (Fsp3) is 0.407. The maximum Gasteiger partial charge on any atom is 0.339 e. The summed E-state index contributed by atoms with van der Waals surface area (Å²) in [5.41, 5.74) is 3.00. The minimum absolute atomic E-state index is 0.0773. The van der Waals surface area contributed by atoms with Crippen molar-refractivity contribution in [1.29, 1.82) is 0 Å². The average Bonchev–Trinajstić information content (AvgIpc) is 3.33. The third kappa shape index (κ3) is 6.12. The van der Waals surface area contributed by atoms with Crippen LogP contribution in [0.2, 0.25) is 5.02 Å². The van der Waals surface area contributed by atoms with Crippen molar-refractivity contribution in [1.82, 2.24) is 15.0 Å². The van der Waals surface area contributed by atoms with Gasteiger partial charge in [-0.15, -0.1) is 0 Å². The first kappa shape index (κ1) is 25.9. The summed E-state index contributed by atoms with van der Waals surface area (Å²) in [5, 5.41) is 7.32. The van der Waals surface area contributed by atoms with E-state index in [0.717, 1.165) is 18.7 Å². The van der Waals surface area contributed by atoms with E-state index in [0.29, 0.717) is 36.8 Å². The molecule has 190 valence electrons. The van der Waals surface area contributed by atoms with E-state index < -0.39 is 5.97 Å². The van der Waals surface area contributed by atoms with Crippen LogP contribution in [-0.2, 0) is 21.5 Å². The number of halogens is 1. The standard InChI is InChI=1S/C27H31ClN4O4/c1-27(2,3)19-7-5-17(6-8-19)24-30-23(36-31-24)16-32-13-11-18(12-14-32)25(33)29-20-9-10-22(28)21(15-20)26(34)35-4/h5-10,15,18H,11-14,16H2,1-4H3,(H,29,33). The van der Waals surface area contributed by atoms with Crippen molar-refractivity contribution in [2.75, 3.05) is 25.5 Å². The molecular weight excluding hydrogens is 480 g/mol. The van der Waals surface area contributed by atoms with E-state index in [1.165, 1.54) is 18.7 Å². The Hall–Kier alpha value is -3.23. The van der Waals surface area contributed by atoms with E-state index in [9.17, 15) is 9.59 Å². The first-order chi connectivity index (χ1) is 17.1. The monoisotopic (exact) mass is 510 g/mol. The number of carbonyl (C=O) groups excluding carboxylic acids is 2. The molecule has 2 aromatic carbocycles. The Morgan fingerprint density at radius 2 is 1.83 bits per heavy atom. The lowest BCUT2D eigenvalue weighted by Gasteiger charge is -2.30. The average molecular weight is 511 g/mol. The number of benzene rings is 2. The summed E-state index contributed by atoms with van der Waals surface area (Å²) >= 11 is 6.06. The first-order valence-corrected chi connectivity index (χ1v) is 12.4. The molecule has 1 aliphatic heterocycles. The third-order valence-electron chi connectivity index (χ3n) is 6.43. The number of nitrogens with one attached hydrogen (secondary N) is 1. The Labute approximate surface area is 216 Å². The summed E-state index contributed by atoms with van der Waals surface area (Å²) < 4.78 is 10.2. The SMILES string of the molecule is COC(=O)c1cc(NC(=O)C2CCN(Cc3nc(-c4ccc(C(C)(C)C)cc4)no3)CC2)ccc1Cl. The summed E-state index contributed by atoms with van der Waals surface area (Å²) in [5.74, 6) is 0.387. The highest BCUT2D eigenvalue weighted by molar-refractivity contribution is 6.33. The molecule has 0 spiro atoms. The Morgan fingerprint density at radius 1 is 1.14 bits per heavy atom. The molecule has 0 saturated carbocycles. The molecule has 4 rings (SSSR count). The molecule has 1 aliphatic rings. The minimum atomic E-state index is -0.546. The van der Waals surface area contributed by atoms with Crippen LogP contribution in [0.1, 0.15) is 55.4 Å². The van der Waals surface area contributed by atoms with Gasteiger partial charge in [0, 0.05) is 17.2 Å². The van der Waals surface area contributed by atoms with Gasteiger partial charge in [0.15, 0.2) is 0 Å². The van der Waals surface area contributed by atoms with Crippen molar-refractivity contribution in [3.63, 3.8) is 0 Å². The molecule has 0 radical (unpaired) electrons. The second-order valence-electron chi connectivity index (χ2n) is 10.1. The molecule has 1 amide bonds. The smallest absolute Gasteiger partial charge is 0.339 e. The maximum absolute atomic E-state index is 12.8. The van der Waals surface area contributed by atoms with Crippen LogP contribution in [0.5, 0.6) is 0 Å². The van der Waals surface area contributed by atoms with Crippen molar-refractivity contribution in [2.45, 2.75) is 45.6 Å². The van der Waals surface area contributed by atoms with Crippen molar-refractivity contribution in [3.05, 3.63) is 64.5 Å². The van der Waals surface area contributed by atoms with Crippen molar-refractivity contribution in [2.24, 2.45) is 5.92 Å². The van der Waals surface area contributed by atoms with E-state index in [1.54, 1.807) is 12.1 Å². The summed E-state index contributed by atoms with van der Waals surface area (Å²) in [6.07, 6.45) is 1.41. The van der Waals surface area contributed by atoms with Crippen LogP contribution >= 0.6 is 11.6 Å². The molecular formula is C27H31ClN4O4. The van der Waals surface area contributed by atoms with Crippen LogP contribution in [-0.4, -0.2) is 47.1 Å².